The first-order valence-electron chi connectivity index (χ1n) is 9.10. The van der Waals surface area contributed by atoms with E-state index in [-0.39, 0.29) is 0 Å². The summed E-state index contributed by atoms with van der Waals surface area (Å²) in [6, 6.07) is 5.98. The van der Waals surface area contributed by atoms with Gasteiger partial charge in [-0.05, 0) is 39.0 Å². The Hall–Kier alpha value is -2.95. The summed E-state index contributed by atoms with van der Waals surface area (Å²) in [7, 11) is 0. The molecule has 1 aromatic carbocycles. The monoisotopic (exact) mass is 391 g/mol. The summed E-state index contributed by atoms with van der Waals surface area (Å²) >= 11 is 1.57. The Morgan fingerprint density at radius 2 is 2.07 bits per heavy atom. The number of nitrogens with zero attached hydrogens (tertiary/aromatic N) is 5. The number of aryl methyl sites for hydroxylation is 1. The van der Waals surface area contributed by atoms with Crippen LogP contribution < -0.4 is 0 Å². The molecule has 0 saturated heterocycles. The van der Waals surface area contributed by atoms with Crippen molar-refractivity contribution in [2.24, 2.45) is 0 Å². The maximum atomic E-state index is 9.82. The molecule has 0 unspecified atom stereocenters. The van der Waals surface area contributed by atoms with Crippen LogP contribution in [0.1, 0.15) is 32.2 Å². The third-order valence-electron chi connectivity index (χ3n) is 4.31. The van der Waals surface area contributed by atoms with E-state index < -0.39 is 5.60 Å². The van der Waals surface area contributed by atoms with Crippen LogP contribution in [0.25, 0.3) is 21.9 Å². The summed E-state index contributed by atoms with van der Waals surface area (Å²) in [6.45, 7) is 6.90. The van der Waals surface area contributed by atoms with Gasteiger partial charge in [-0.15, -0.1) is 11.3 Å². The van der Waals surface area contributed by atoms with Crippen LogP contribution in [0.5, 0.6) is 0 Å². The molecular formula is C21H21N5OS. The summed E-state index contributed by atoms with van der Waals surface area (Å²) in [5.74, 6) is 7.68. The van der Waals surface area contributed by atoms with Gasteiger partial charge in [-0.1, -0.05) is 11.8 Å². The molecule has 0 aliphatic carbocycles. The van der Waals surface area contributed by atoms with E-state index in [2.05, 4.69) is 37.9 Å². The lowest BCUT2D eigenvalue weighted by Crippen LogP contribution is -2.14. The highest BCUT2D eigenvalue weighted by atomic mass is 32.1. The minimum atomic E-state index is -1.02. The molecule has 0 bridgehead atoms. The SMILES string of the molecule is CCn1c(Cn2ccnc2-c2nccs2)nc2cc(C#CC(C)(C)O)ccc21. The van der Waals surface area contributed by atoms with Gasteiger partial charge in [0.05, 0.1) is 17.6 Å². The lowest BCUT2D eigenvalue weighted by Gasteiger charge is -2.08. The Morgan fingerprint density at radius 1 is 1.21 bits per heavy atom. The number of hydrogen-bond acceptors (Lipinski definition) is 5. The average molecular weight is 392 g/mol. The molecule has 0 radical (unpaired) electrons. The molecule has 0 aliphatic heterocycles. The molecular weight excluding hydrogens is 370 g/mol. The van der Waals surface area contributed by atoms with Crippen LogP contribution in [-0.4, -0.2) is 34.8 Å². The van der Waals surface area contributed by atoms with Crippen LogP contribution >= 0.6 is 11.3 Å². The number of rotatable bonds is 4. The molecule has 6 nitrogen and oxygen atoms in total. The van der Waals surface area contributed by atoms with E-state index in [0.717, 1.165) is 39.8 Å². The van der Waals surface area contributed by atoms with Gasteiger partial charge in [-0.25, -0.2) is 15.0 Å². The van der Waals surface area contributed by atoms with E-state index in [0.29, 0.717) is 6.54 Å². The summed E-state index contributed by atoms with van der Waals surface area (Å²) in [5, 5.41) is 12.7. The quantitative estimate of drug-likeness (QED) is 0.540. The molecule has 0 amide bonds. The molecule has 0 aliphatic rings. The highest BCUT2D eigenvalue weighted by Gasteiger charge is 2.14. The number of hydrogen-bond donors (Lipinski definition) is 1. The van der Waals surface area contributed by atoms with Crippen molar-refractivity contribution in [2.45, 2.75) is 39.5 Å². The molecule has 1 N–H and O–H groups in total. The highest BCUT2D eigenvalue weighted by Crippen LogP contribution is 2.23. The third-order valence-corrected chi connectivity index (χ3v) is 5.08. The Bertz CT molecular complexity index is 1170. The lowest BCUT2D eigenvalue weighted by molar-refractivity contribution is 0.143. The fraction of sp³-hybridized carbons (Fsp3) is 0.286. The van der Waals surface area contributed by atoms with E-state index in [1.54, 1.807) is 37.6 Å². The topological polar surface area (TPSA) is 68.8 Å². The van der Waals surface area contributed by atoms with Crippen LogP contribution in [0.3, 0.4) is 0 Å². The van der Waals surface area contributed by atoms with Gasteiger partial charge in [-0.3, -0.25) is 0 Å². The number of aliphatic hydroxyl groups is 1. The van der Waals surface area contributed by atoms with Gasteiger partial charge in [-0.2, -0.15) is 0 Å². The zero-order valence-corrected chi connectivity index (χ0v) is 16.9. The Morgan fingerprint density at radius 3 is 2.79 bits per heavy atom. The molecule has 142 valence electrons. The Kier molecular flexibility index (Phi) is 4.75. The van der Waals surface area contributed by atoms with Gasteiger partial charge in [0.1, 0.15) is 11.4 Å². The van der Waals surface area contributed by atoms with Crippen molar-refractivity contribution in [3.8, 4) is 22.7 Å². The van der Waals surface area contributed by atoms with Gasteiger partial charge in [0.25, 0.3) is 0 Å². The maximum Gasteiger partial charge on any atom is 0.169 e. The summed E-state index contributed by atoms with van der Waals surface area (Å²) in [6.07, 6.45) is 5.53. The normalized spacial score (nSPS) is 11.6. The standard InChI is InChI=1S/C21H21N5OS/c1-4-26-17-6-5-15(7-8-21(2,3)27)13-16(17)24-18(26)14-25-11-9-22-19(25)20-23-10-12-28-20/h5-6,9-13,27H,4,14H2,1-3H3. The second-order valence-corrected chi connectivity index (χ2v) is 7.90. The molecule has 28 heavy (non-hydrogen) atoms. The third kappa shape index (κ3) is 3.70. The predicted molar refractivity (Wildman–Crippen MR) is 111 cm³/mol. The van der Waals surface area contributed by atoms with E-state index >= 15 is 0 Å². The van der Waals surface area contributed by atoms with Crippen molar-refractivity contribution < 1.29 is 5.11 Å². The molecule has 0 spiro atoms. The average Bonchev–Trinajstić information content (AvgIpc) is 3.38. The molecule has 4 rings (SSSR count). The summed E-state index contributed by atoms with van der Waals surface area (Å²) < 4.78 is 4.27. The summed E-state index contributed by atoms with van der Waals surface area (Å²) in [5.41, 5.74) is 1.79. The first kappa shape index (κ1) is 18.4. The number of thiazole rings is 1. The number of benzene rings is 1. The zero-order valence-electron chi connectivity index (χ0n) is 16.0. The second kappa shape index (κ2) is 7.23. The van der Waals surface area contributed by atoms with Crippen molar-refractivity contribution in [3.05, 3.63) is 53.6 Å². The van der Waals surface area contributed by atoms with Crippen molar-refractivity contribution in [2.75, 3.05) is 0 Å². The van der Waals surface area contributed by atoms with Crippen LogP contribution in [0.4, 0.5) is 0 Å². The van der Waals surface area contributed by atoms with Crippen LogP contribution in [0, 0.1) is 11.8 Å². The predicted octanol–water partition coefficient (Wildman–Crippen LogP) is 3.55. The van der Waals surface area contributed by atoms with Crippen LogP contribution in [-0.2, 0) is 13.1 Å². The van der Waals surface area contributed by atoms with E-state index in [1.807, 2.05) is 29.8 Å². The molecule has 7 heteroatoms. The smallest absolute Gasteiger partial charge is 0.169 e. The lowest BCUT2D eigenvalue weighted by atomic mass is 10.1. The fourth-order valence-electron chi connectivity index (χ4n) is 3.08. The number of fused-ring (bicyclic) bond motifs is 1. The van der Waals surface area contributed by atoms with Gasteiger partial charge >= 0.3 is 0 Å². The fourth-order valence-corrected chi connectivity index (χ4v) is 3.72. The minimum Gasteiger partial charge on any atom is -0.378 e. The Labute approximate surface area is 167 Å². The highest BCUT2D eigenvalue weighted by molar-refractivity contribution is 7.13. The second-order valence-electron chi connectivity index (χ2n) is 7.00. The molecule has 0 saturated carbocycles. The van der Waals surface area contributed by atoms with E-state index in [9.17, 15) is 5.11 Å². The Balaban J connectivity index is 1.72. The van der Waals surface area contributed by atoms with Gasteiger partial charge < -0.3 is 14.2 Å². The van der Waals surface area contributed by atoms with Gasteiger partial charge in [0.15, 0.2) is 10.8 Å². The first-order chi connectivity index (χ1) is 13.4. The first-order valence-corrected chi connectivity index (χ1v) is 9.98. The van der Waals surface area contributed by atoms with Gasteiger partial charge in [0, 0.05) is 36.1 Å². The van der Waals surface area contributed by atoms with Crippen LogP contribution in [0.2, 0.25) is 0 Å². The number of aromatic nitrogens is 5. The van der Waals surface area contributed by atoms with E-state index in [4.69, 9.17) is 4.98 Å². The van der Waals surface area contributed by atoms with Crippen molar-refractivity contribution in [1.82, 2.24) is 24.1 Å². The van der Waals surface area contributed by atoms with Crippen molar-refractivity contribution in [1.29, 1.82) is 0 Å². The molecule has 0 atom stereocenters. The van der Waals surface area contributed by atoms with Crippen molar-refractivity contribution in [3.63, 3.8) is 0 Å². The largest absolute Gasteiger partial charge is 0.378 e. The van der Waals surface area contributed by atoms with Crippen molar-refractivity contribution >= 4 is 22.4 Å². The minimum absolute atomic E-state index is 0.613. The van der Waals surface area contributed by atoms with Crippen LogP contribution in [0.15, 0.2) is 42.2 Å². The molecule has 0 fully saturated rings. The maximum absolute atomic E-state index is 9.82. The zero-order chi connectivity index (χ0) is 19.7. The number of imidazole rings is 2. The van der Waals surface area contributed by atoms with Gasteiger partial charge in [0.2, 0.25) is 0 Å². The molecule has 3 heterocycles. The molecule has 4 aromatic rings. The summed E-state index contributed by atoms with van der Waals surface area (Å²) in [4.78, 5) is 13.7. The van der Waals surface area contributed by atoms with E-state index in [1.165, 1.54) is 0 Å². The molecule has 3 aromatic heterocycles.